The van der Waals surface area contributed by atoms with Crippen molar-refractivity contribution in [2.24, 2.45) is 5.92 Å². The van der Waals surface area contributed by atoms with Gasteiger partial charge in [-0.3, -0.25) is 9.59 Å². The quantitative estimate of drug-likeness (QED) is 0.753. The molecular weight excluding hydrogens is 342 g/mol. The molecule has 4 heterocycles. The SMILES string of the molecule is O=C([C@H]1CCS(=O)(=O)C1)N1CCC[C@H](c2cc(=O)nc3n2CCC3)C1. The van der Waals surface area contributed by atoms with Crippen molar-refractivity contribution in [1.29, 1.82) is 0 Å². The number of sulfone groups is 1. The Balaban J connectivity index is 1.54. The molecule has 2 saturated heterocycles. The number of aromatic nitrogens is 2. The first-order valence-electron chi connectivity index (χ1n) is 9.03. The molecule has 0 saturated carbocycles. The molecule has 1 aromatic heterocycles. The first-order chi connectivity index (χ1) is 11.9. The zero-order valence-corrected chi connectivity index (χ0v) is 15.0. The van der Waals surface area contributed by atoms with Crippen molar-refractivity contribution in [2.75, 3.05) is 24.6 Å². The normalized spacial score (nSPS) is 28.1. The van der Waals surface area contributed by atoms with Gasteiger partial charge in [-0.25, -0.2) is 8.42 Å². The van der Waals surface area contributed by atoms with Gasteiger partial charge < -0.3 is 9.47 Å². The second-order valence-electron chi connectivity index (χ2n) is 7.41. The van der Waals surface area contributed by atoms with Gasteiger partial charge in [0.05, 0.1) is 17.4 Å². The molecule has 0 unspecified atom stereocenters. The molecule has 0 spiro atoms. The molecule has 3 aliphatic heterocycles. The maximum Gasteiger partial charge on any atom is 0.273 e. The summed E-state index contributed by atoms with van der Waals surface area (Å²) in [6, 6.07) is 1.62. The topological polar surface area (TPSA) is 89.3 Å². The zero-order chi connectivity index (χ0) is 17.6. The Morgan fingerprint density at radius 1 is 1.20 bits per heavy atom. The van der Waals surface area contributed by atoms with E-state index >= 15 is 0 Å². The lowest BCUT2D eigenvalue weighted by Crippen LogP contribution is -2.43. The van der Waals surface area contributed by atoms with Gasteiger partial charge >= 0.3 is 0 Å². The zero-order valence-electron chi connectivity index (χ0n) is 14.2. The highest BCUT2D eigenvalue weighted by molar-refractivity contribution is 7.91. The van der Waals surface area contributed by atoms with Gasteiger partial charge in [0.1, 0.15) is 5.82 Å². The van der Waals surface area contributed by atoms with Crippen molar-refractivity contribution < 1.29 is 13.2 Å². The van der Waals surface area contributed by atoms with E-state index in [0.29, 0.717) is 19.5 Å². The van der Waals surface area contributed by atoms with Crippen molar-refractivity contribution in [3.8, 4) is 0 Å². The van der Waals surface area contributed by atoms with Crippen LogP contribution in [0.15, 0.2) is 10.9 Å². The van der Waals surface area contributed by atoms with Crippen LogP contribution in [0.4, 0.5) is 0 Å². The highest BCUT2D eigenvalue weighted by Gasteiger charge is 2.37. The van der Waals surface area contributed by atoms with Crippen molar-refractivity contribution in [2.45, 2.75) is 44.6 Å². The monoisotopic (exact) mass is 365 g/mol. The smallest absolute Gasteiger partial charge is 0.273 e. The number of likely N-dealkylation sites (tertiary alicyclic amines) is 1. The van der Waals surface area contributed by atoms with E-state index in [1.165, 1.54) is 0 Å². The molecule has 4 rings (SSSR count). The molecule has 0 aromatic carbocycles. The summed E-state index contributed by atoms with van der Waals surface area (Å²) >= 11 is 0. The summed E-state index contributed by atoms with van der Waals surface area (Å²) in [5.41, 5.74) is 0.789. The van der Waals surface area contributed by atoms with Gasteiger partial charge in [0.25, 0.3) is 5.56 Å². The minimum atomic E-state index is -3.06. The van der Waals surface area contributed by atoms with Gasteiger partial charge in [-0.2, -0.15) is 4.98 Å². The fourth-order valence-corrected chi connectivity index (χ4v) is 6.16. The molecule has 3 aliphatic rings. The molecule has 7 nitrogen and oxygen atoms in total. The van der Waals surface area contributed by atoms with E-state index < -0.39 is 15.8 Å². The Labute approximate surface area is 147 Å². The standard InChI is InChI=1S/C17H23N3O4S/c21-16-9-14(20-7-2-4-15(20)18-16)12-3-1-6-19(10-12)17(22)13-5-8-25(23,24)11-13/h9,12-13H,1-8,10-11H2/t12-,13-/m0/s1. The van der Waals surface area contributed by atoms with E-state index in [1.54, 1.807) is 6.07 Å². The van der Waals surface area contributed by atoms with Crippen LogP contribution in [0.1, 0.15) is 43.1 Å². The predicted molar refractivity (Wildman–Crippen MR) is 92.1 cm³/mol. The number of fused-ring (bicyclic) bond motifs is 1. The second kappa shape index (κ2) is 6.23. The van der Waals surface area contributed by atoms with Gasteiger partial charge in [-0.15, -0.1) is 0 Å². The number of carbonyl (C=O) groups excluding carboxylic acids is 1. The fourth-order valence-electron chi connectivity index (χ4n) is 4.42. The van der Waals surface area contributed by atoms with Gasteiger partial charge in [0.15, 0.2) is 9.84 Å². The van der Waals surface area contributed by atoms with Crippen LogP contribution in [0.5, 0.6) is 0 Å². The van der Waals surface area contributed by atoms with Crippen LogP contribution in [0, 0.1) is 5.92 Å². The summed E-state index contributed by atoms with van der Waals surface area (Å²) in [4.78, 5) is 30.6. The largest absolute Gasteiger partial charge is 0.342 e. The summed E-state index contributed by atoms with van der Waals surface area (Å²) in [6.07, 6.45) is 4.08. The molecule has 0 N–H and O–H groups in total. The van der Waals surface area contributed by atoms with E-state index in [2.05, 4.69) is 9.55 Å². The van der Waals surface area contributed by atoms with E-state index in [-0.39, 0.29) is 28.9 Å². The minimum Gasteiger partial charge on any atom is -0.342 e. The summed E-state index contributed by atoms with van der Waals surface area (Å²) in [5, 5.41) is 0. The first-order valence-corrected chi connectivity index (χ1v) is 10.8. The molecule has 0 radical (unpaired) electrons. The summed E-state index contributed by atoms with van der Waals surface area (Å²) in [6.45, 7) is 2.12. The minimum absolute atomic E-state index is 0.0168. The second-order valence-corrected chi connectivity index (χ2v) is 9.64. The van der Waals surface area contributed by atoms with Crippen LogP contribution in [-0.4, -0.2) is 53.4 Å². The summed E-state index contributed by atoms with van der Waals surface area (Å²) < 4.78 is 25.5. The Hall–Kier alpha value is -1.70. The lowest BCUT2D eigenvalue weighted by atomic mass is 9.93. The summed E-state index contributed by atoms with van der Waals surface area (Å²) in [5.74, 6) is 0.653. The lowest BCUT2D eigenvalue weighted by molar-refractivity contribution is -0.136. The number of amides is 1. The maximum atomic E-state index is 12.7. The highest BCUT2D eigenvalue weighted by Crippen LogP contribution is 2.30. The molecule has 8 heteroatoms. The first kappa shape index (κ1) is 16.8. The lowest BCUT2D eigenvalue weighted by Gasteiger charge is -2.35. The molecule has 1 amide bonds. The van der Waals surface area contributed by atoms with Gasteiger partial charge in [-0.05, 0) is 25.7 Å². The third kappa shape index (κ3) is 3.23. The molecule has 136 valence electrons. The van der Waals surface area contributed by atoms with Gasteiger partial charge in [0.2, 0.25) is 5.91 Å². The molecule has 0 bridgehead atoms. The average Bonchev–Trinajstić information content (AvgIpc) is 3.19. The van der Waals surface area contributed by atoms with E-state index in [0.717, 1.165) is 43.7 Å². The number of carbonyl (C=O) groups is 1. The van der Waals surface area contributed by atoms with Gasteiger partial charge in [0, 0.05) is 43.7 Å². The number of piperidine rings is 1. The Morgan fingerprint density at radius 3 is 2.80 bits per heavy atom. The van der Waals surface area contributed by atoms with E-state index in [1.807, 2.05) is 4.90 Å². The van der Waals surface area contributed by atoms with Crippen molar-refractivity contribution in [3.05, 3.63) is 27.9 Å². The van der Waals surface area contributed by atoms with Gasteiger partial charge in [-0.1, -0.05) is 0 Å². The van der Waals surface area contributed by atoms with Crippen LogP contribution in [0.3, 0.4) is 0 Å². The number of nitrogens with zero attached hydrogens (tertiary/aromatic N) is 3. The third-order valence-corrected chi connectivity index (χ3v) is 7.42. The maximum absolute atomic E-state index is 12.7. The summed E-state index contributed by atoms with van der Waals surface area (Å²) in [7, 11) is -3.06. The van der Waals surface area contributed by atoms with Crippen molar-refractivity contribution in [3.63, 3.8) is 0 Å². The molecular formula is C17H23N3O4S. The van der Waals surface area contributed by atoms with Crippen LogP contribution >= 0.6 is 0 Å². The number of hydrogen-bond donors (Lipinski definition) is 0. The van der Waals surface area contributed by atoms with Crippen LogP contribution < -0.4 is 5.56 Å². The average molecular weight is 365 g/mol. The Kier molecular flexibility index (Phi) is 4.17. The predicted octanol–water partition coefficient (Wildman–Crippen LogP) is 0.330. The molecule has 2 fully saturated rings. The van der Waals surface area contributed by atoms with Crippen molar-refractivity contribution in [1.82, 2.24) is 14.5 Å². The fraction of sp³-hybridized carbons (Fsp3) is 0.706. The highest BCUT2D eigenvalue weighted by atomic mass is 32.2. The molecule has 0 aliphatic carbocycles. The molecule has 2 atom stereocenters. The van der Waals surface area contributed by atoms with E-state index in [4.69, 9.17) is 0 Å². The number of rotatable bonds is 2. The van der Waals surface area contributed by atoms with Crippen LogP contribution in [0.2, 0.25) is 0 Å². The van der Waals surface area contributed by atoms with Crippen molar-refractivity contribution >= 4 is 15.7 Å². The molecule has 1 aromatic rings. The Morgan fingerprint density at radius 2 is 2.04 bits per heavy atom. The number of aryl methyl sites for hydroxylation is 1. The van der Waals surface area contributed by atoms with Crippen LogP contribution in [0.25, 0.3) is 0 Å². The third-order valence-electron chi connectivity index (χ3n) is 5.65. The Bertz CT molecular complexity index is 861. The molecule has 25 heavy (non-hydrogen) atoms. The number of hydrogen-bond acceptors (Lipinski definition) is 5. The van der Waals surface area contributed by atoms with E-state index in [9.17, 15) is 18.0 Å². The van der Waals surface area contributed by atoms with Crippen LogP contribution in [-0.2, 0) is 27.6 Å².